The van der Waals surface area contributed by atoms with Crippen LogP contribution in [0.4, 0.5) is 0 Å². The monoisotopic (exact) mass is 351 g/mol. The average molecular weight is 352 g/mol. The van der Waals surface area contributed by atoms with Crippen LogP contribution in [-0.2, 0) is 6.42 Å². The normalized spacial score (nSPS) is 20.7. The Morgan fingerprint density at radius 2 is 2.25 bits per heavy atom. The van der Waals surface area contributed by atoms with Crippen molar-refractivity contribution >= 4 is 27.3 Å². The van der Waals surface area contributed by atoms with Crippen LogP contribution >= 0.6 is 27.3 Å². The lowest BCUT2D eigenvalue weighted by atomic mass is 9.74. The lowest BCUT2D eigenvalue weighted by molar-refractivity contribution is 0.260. The maximum absolute atomic E-state index is 4.83. The summed E-state index contributed by atoms with van der Waals surface area (Å²) in [7, 11) is 2.01. The Morgan fingerprint density at radius 1 is 1.45 bits per heavy atom. The van der Waals surface area contributed by atoms with Crippen molar-refractivity contribution in [3.8, 4) is 10.7 Å². The van der Waals surface area contributed by atoms with E-state index in [0.717, 1.165) is 28.0 Å². The molecule has 2 heterocycles. The highest BCUT2D eigenvalue weighted by molar-refractivity contribution is 9.10. The number of hydrogen-bond donors (Lipinski definition) is 1. The SMILES string of the molecule is CNC1CC(C)(C)Cc2nc(-c3cc(Br)cs3)ncc21. The van der Waals surface area contributed by atoms with E-state index in [-0.39, 0.29) is 5.41 Å². The van der Waals surface area contributed by atoms with Gasteiger partial charge in [0.1, 0.15) is 0 Å². The first-order chi connectivity index (χ1) is 9.48. The zero-order valence-corrected chi connectivity index (χ0v) is 14.3. The van der Waals surface area contributed by atoms with Gasteiger partial charge in [0.25, 0.3) is 0 Å². The summed E-state index contributed by atoms with van der Waals surface area (Å²) in [6.45, 7) is 4.62. The van der Waals surface area contributed by atoms with Crippen LogP contribution < -0.4 is 5.32 Å². The minimum absolute atomic E-state index is 0.280. The fraction of sp³-hybridized carbons (Fsp3) is 0.467. The van der Waals surface area contributed by atoms with Crippen LogP contribution in [0.2, 0.25) is 0 Å². The third-order valence-corrected chi connectivity index (χ3v) is 5.50. The molecule has 0 radical (unpaired) electrons. The van der Waals surface area contributed by atoms with Crippen LogP contribution in [0, 0.1) is 5.41 Å². The van der Waals surface area contributed by atoms with Crippen molar-refractivity contribution in [2.75, 3.05) is 7.05 Å². The minimum Gasteiger partial charge on any atom is -0.313 e. The molecular weight excluding hydrogens is 334 g/mol. The smallest absolute Gasteiger partial charge is 0.169 e. The van der Waals surface area contributed by atoms with Crippen molar-refractivity contribution in [1.29, 1.82) is 0 Å². The van der Waals surface area contributed by atoms with E-state index in [2.05, 4.69) is 51.5 Å². The quantitative estimate of drug-likeness (QED) is 0.880. The van der Waals surface area contributed by atoms with Gasteiger partial charge in [-0.3, -0.25) is 0 Å². The molecule has 0 bridgehead atoms. The van der Waals surface area contributed by atoms with Gasteiger partial charge < -0.3 is 5.32 Å². The summed E-state index contributed by atoms with van der Waals surface area (Å²) in [6, 6.07) is 2.44. The van der Waals surface area contributed by atoms with Gasteiger partial charge in [0.15, 0.2) is 5.82 Å². The largest absolute Gasteiger partial charge is 0.313 e. The molecule has 1 aliphatic rings. The number of rotatable bonds is 2. The van der Waals surface area contributed by atoms with E-state index in [0.29, 0.717) is 6.04 Å². The van der Waals surface area contributed by atoms with E-state index in [1.807, 2.05) is 13.2 Å². The molecule has 1 N–H and O–H groups in total. The lowest BCUT2D eigenvalue weighted by Crippen LogP contribution is -2.32. The van der Waals surface area contributed by atoms with Crippen LogP contribution in [0.5, 0.6) is 0 Å². The summed E-state index contributed by atoms with van der Waals surface area (Å²) in [5, 5.41) is 5.46. The number of halogens is 1. The highest BCUT2D eigenvalue weighted by atomic mass is 79.9. The molecule has 0 saturated carbocycles. The lowest BCUT2D eigenvalue weighted by Gasteiger charge is -2.36. The molecule has 0 fully saturated rings. The Kier molecular flexibility index (Phi) is 3.69. The maximum Gasteiger partial charge on any atom is 0.169 e. The van der Waals surface area contributed by atoms with Gasteiger partial charge in [0.2, 0.25) is 0 Å². The summed E-state index contributed by atoms with van der Waals surface area (Å²) >= 11 is 5.16. The second-order valence-electron chi connectivity index (χ2n) is 6.11. The van der Waals surface area contributed by atoms with Gasteiger partial charge in [-0.15, -0.1) is 11.3 Å². The molecule has 1 unspecified atom stereocenters. The number of fused-ring (bicyclic) bond motifs is 1. The van der Waals surface area contributed by atoms with Crippen molar-refractivity contribution in [2.45, 2.75) is 32.7 Å². The van der Waals surface area contributed by atoms with Crippen LogP contribution in [0.25, 0.3) is 10.7 Å². The molecule has 2 aromatic rings. The highest BCUT2D eigenvalue weighted by Gasteiger charge is 2.32. The number of nitrogens with zero attached hydrogens (tertiary/aromatic N) is 2. The van der Waals surface area contributed by atoms with Crippen LogP contribution in [0.3, 0.4) is 0 Å². The highest BCUT2D eigenvalue weighted by Crippen LogP contribution is 2.40. The van der Waals surface area contributed by atoms with Gasteiger partial charge in [-0.2, -0.15) is 0 Å². The number of aromatic nitrogens is 2. The summed E-state index contributed by atoms with van der Waals surface area (Å²) in [5.41, 5.74) is 2.73. The van der Waals surface area contributed by atoms with Crippen LogP contribution in [0.1, 0.15) is 37.6 Å². The van der Waals surface area contributed by atoms with Gasteiger partial charge >= 0.3 is 0 Å². The van der Waals surface area contributed by atoms with Crippen molar-refractivity contribution in [2.24, 2.45) is 5.41 Å². The van der Waals surface area contributed by atoms with Gasteiger partial charge in [0, 0.05) is 33.3 Å². The first-order valence-corrected chi connectivity index (χ1v) is 8.43. The molecule has 0 aliphatic heterocycles. The zero-order valence-electron chi connectivity index (χ0n) is 11.9. The fourth-order valence-corrected chi connectivity index (χ4v) is 4.22. The Labute approximate surface area is 132 Å². The molecule has 0 spiro atoms. The van der Waals surface area contributed by atoms with Crippen LogP contribution in [-0.4, -0.2) is 17.0 Å². The molecule has 2 aromatic heterocycles. The van der Waals surface area contributed by atoms with E-state index in [1.54, 1.807) is 11.3 Å². The Balaban J connectivity index is 2.04. The van der Waals surface area contributed by atoms with Crippen molar-refractivity contribution in [3.63, 3.8) is 0 Å². The minimum atomic E-state index is 0.280. The van der Waals surface area contributed by atoms with E-state index in [1.165, 1.54) is 11.3 Å². The third-order valence-electron chi connectivity index (χ3n) is 3.81. The molecule has 0 amide bonds. The second-order valence-corrected chi connectivity index (χ2v) is 7.94. The number of hydrogen-bond acceptors (Lipinski definition) is 4. The predicted octanol–water partition coefficient (Wildman–Crippen LogP) is 4.20. The van der Waals surface area contributed by atoms with E-state index in [9.17, 15) is 0 Å². The topological polar surface area (TPSA) is 37.8 Å². The number of thiophene rings is 1. The van der Waals surface area contributed by atoms with Crippen molar-refractivity contribution < 1.29 is 0 Å². The third kappa shape index (κ3) is 2.67. The van der Waals surface area contributed by atoms with E-state index < -0.39 is 0 Å². The molecule has 5 heteroatoms. The molecular formula is C15H18BrN3S. The molecule has 3 rings (SSSR count). The predicted molar refractivity (Wildman–Crippen MR) is 86.9 cm³/mol. The Morgan fingerprint density at radius 3 is 2.90 bits per heavy atom. The molecule has 3 nitrogen and oxygen atoms in total. The van der Waals surface area contributed by atoms with Crippen molar-refractivity contribution in [3.05, 3.63) is 33.4 Å². The van der Waals surface area contributed by atoms with Gasteiger partial charge in [-0.05, 0) is 47.3 Å². The van der Waals surface area contributed by atoms with E-state index in [4.69, 9.17) is 4.98 Å². The first-order valence-electron chi connectivity index (χ1n) is 6.76. The molecule has 0 aromatic carbocycles. The number of nitrogens with one attached hydrogen (secondary N) is 1. The summed E-state index contributed by atoms with van der Waals surface area (Å²) < 4.78 is 1.09. The van der Waals surface area contributed by atoms with Gasteiger partial charge in [-0.25, -0.2) is 9.97 Å². The van der Waals surface area contributed by atoms with Crippen molar-refractivity contribution in [1.82, 2.24) is 15.3 Å². The van der Waals surface area contributed by atoms with Gasteiger partial charge in [-0.1, -0.05) is 13.8 Å². The molecule has 1 aliphatic carbocycles. The summed E-state index contributed by atoms with van der Waals surface area (Å²) in [6.07, 6.45) is 4.15. The maximum atomic E-state index is 4.83. The average Bonchev–Trinajstić information content (AvgIpc) is 2.82. The van der Waals surface area contributed by atoms with Gasteiger partial charge in [0.05, 0.1) is 4.88 Å². The standard InChI is InChI=1S/C15H18BrN3S/c1-15(2)5-11(17-3)10-7-18-14(19-12(10)6-15)13-4-9(16)8-20-13/h4,7-8,11,17H,5-6H2,1-3H3. The molecule has 106 valence electrons. The fourth-order valence-electron chi connectivity index (χ4n) is 2.85. The Hall–Kier alpha value is -0.780. The molecule has 20 heavy (non-hydrogen) atoms. The summed E-state index contributed by atoms with van der Waals surface area (Å²) in [4.78, 5) is 10.5. The Bertz CT molecular complexity index is 636. The van der Waals surface area contributed by atoms with E-state index >= 15 is 0 Å². The summed E-state index contributed by atoms with van der Waals surface area (Å²) in [5.74, 6) is 0.840. The first kappa shape index (κ1) is 14.2. The molecule has 1 atom stereocenters. The zero-order chi connectivity index (χ0) is 14.3. The van der Waals surface area contributed by atoms with Crippen LogP contribution in [0.15, 0.2) is 22.1 Å². The second kappa shape index (κ2) is 5.20. The molecule has 0 saturated heterocycles.